The van der Waals surface area contributed by atoms with Gasteiger partial charge < -0.3 is 15.9 Å². The molecule has 4 N–H and O–H groups in total. The average Bonchev–Trinajstić information content (AvgIpc) is 2.97. The molecule has 1 fully saturated rings. The van der Waals surface area contributed by atoms with E-state index in [1.807, 2.05) is 6.08 Å². The van der Waals surface area contributed by atoms with Crippen molar-refractivity contribution in [2.45, 2.75) is 25.0 Å². The zero-order valence-electron chi connectivity index (χ0n) is 11.4. The zero-order valence-corrected chi connectivity index (χ0v) is 11.2. The van der Waals surface area contributed by atoms with E-state index in [0.29, 0.717) is 24.4 Å². The van der Waals surface area contributed by atoms with Gasteiger partial charge in [0.05, 0.1) is 17.9 Å². The Morgan fingerprint density at radius 1 is 1.42 bits per heavy atom. The van der Waals surface area contributed by atoms with Crippen LogP contribution in [0.4, 0.5) is 5.82 Å². The Labute approximate surface area is 118 Å². The Bertz CT molecular complexity index is 554. The number of nitrogen functional groups attached to an aromatic ring is 1. The molecule has 19 heavy (non-hydrogen) atoms. The number of nitrogens with zero attached hydrogens (tertiary/aromatic N) is 2. The highest BCUT2D eigenvalue weighted by Crippen LogP contribution is 2.43. The molecule has 3 rings (SSSR count). The highest BCUT2D eigenvalue weighted by Gasteiger charge is 2.43. The third-order valence-corrected chi connectivity index (χ3v) is 4.62. The molecule has 2 aliphatic rings. The lowest BCUT2D eigenvalue weighted by molar-refractivity contribution is 0.0161. The van der Waals surface area contributed by atoms with Crippen LogP contribution in [0.3, 0.4) is 0 Å². The molecule has 0 bridgehead atoms. The van der Waals surface area contributed by atoms with Gasteiger partial charge in [0, 0.05) is 11.5 Å². The second kappa shape index (κ2) is 4.77. The van der Waals surface area contributed by atoms with Crippen LogP contribution in [-0.4, -0.2) is 39.3 Å². The molecule has 102 valence electrons. The van der Waals surface area contributed by atoms with Crippen LogP contribution in [0.25, 0.3) is 5.57 Å². The van der Waals surface area contributed by atoms with Gasteiger partial charge in [0.15, 0.2) is 0 Å². The van der Waals surface area contributed by atoms with Gasteiger partial charge in [-0.3, -0.25) is 0 Å². The molecule has 4 atom stereocenters. The molecule has 1 heterocycles. The smallest absolute Gasteiger partial charge is 0.130 e. The summed E-state index contributed by atoms with van der Waals surface area (Å²) in [6.45, 7) is 0. The highest BCUT2D eigenvalue weighted by atomic mass is 32.1. The Hall–Kier alpha value is -1.11. The first-order chi connectivity index (χ1) is 9.63. The van der Waals surface area contributed by atoms with E-state index in [4.69, 9.17) is 6.86 Å². The number of hydrogen-bond acceptors (Lipinski definition) is 6. The summed E-state index contributed by atoms with van der Waals surface area (Å²) in [5.41, 5.74) is 8.51. The Kier molecular flexibility index (Phi) is 2.94. The molecule has 0 saturated heterocycles. The number of rotatable bonds is 3. The molecule has 6 heteroatoms. The highest BCUT2D eigenvalue weighted by molar-refractivity contribution is 7.80. The van der Waals surface area contributed by atoms with Crippen LogP contribution in [-0.2, 0) is 6.42 Å². The first-order valence-corrected chi connectivity index (χ1v) is 6.95. The Morgan fingerprint density at radius 3 is 3.05 bits per heavy atom. The lowest BCUT2D eigenvalue weighted by atomic mass is 9.93. The molecule has 1 aromatic heterocycles. The topological polar surface area (TPSA) is 92.3 Å². The van der Waals surface area contributed by atoms with Gasteiger partial charge in [0.1, 0.15) is 13.3 Å². The third kappa shape index (κ3) is 1.94. The molecular formula is C13H17N3O2S. The van der Waals surface area contributed by atoms with Crippen LogP contribution in [0.1, 0.15) is 17.7 Å². The minimum absolute atomic E-state index is 0.0540. The van der Waals surface area contributed by atoms with Crippen LogP contribution in [0.5, 0.6) is 0 Å². The van der Waals surface area contributed by atoms with Crippen LogP contribution < -0.4 is 5.73 Å². The standard InChI is InChI=1S/C13H17N3O2S/c14-13-8-2-1-7(10(8)15-5-16-13)9-3-6(4-19)11(17)12(9)18/h1,5-6,9,11-12,17-19H,2-4H2,(H2,14,15,16)/t6-,9+,11+,12?/m1/s1/i/hT. The summed E-state index contributed by atoms with van der Waals surface area (Å²) in [6.07, 6.45) is 3.22. The fourth-order valence-electron chi connectivity index (χ4n) is 3.11. The fraction of sp³-hybridized carbons (Fsp3) is 0.538. The van der Waals surface area contributed by atoms with Gasteiger partial charge in [0.25, 0.3) is 0 Å². The first kappa shape index (κ1) is 11.7. The summed E-state index contributed by atoms with van der Waals surface area (Å²) >= 11 is 0.951. The van der Waals surface area contributed by atoms with E-state index in [-0.39, 0.29) is 11.8 Å². The molecule has 1 aromatic rings. The number of hydrogen-bond donors (Lipinski definition) is 4. The summed E-state index contributed by atoms with van der Waals surface area (Å²) in [5.74, 6) is 0.813. The molecule has 5 nitrogen and oxygen atoms in total. The summed E-state index contributed by atoms with van der Waals surface area (Å²) in [5, 5.41) is 20.4. The molecule has 1 unspecified atom stereocenters. The van der Waals surface area contributed by atoms with Crippen LogP contribution in [0.2, 0.25) is 0 Å². The lowest BCUT2D eigenvalue weighted by Crippen LogP contribution is -2.29. The third-order valence-electron chi connectivity index (χ3n) is 4.19. The van der Waals surface area contributed by atoms with Crippen molar-refractivity contribution < 1.29 is 10.2 Å². The predicted octanol–water partition coefficient (Wildman–Crippen LogP) is 0.286. The first-order valence-electron chi connectivity index (χ1n) is 6.78. The number of aromatic nitrogens is 2. The van der Waals surface area contributed by atoms with Crippen molar-refractivity contribution >= 4 is 23.9 Å². The molecule has 0 amide bonds. The number of fused-ring (bicyclic) bond motifs is 1. The summed E-state index contributed by atoms with van der Waals surface area (Å²) in [7, 11) is 0. The summed E-state index contributed by atoms with van der Waals surface area (Å²) in [4.78, 5) is 8.27. The van der Waals surface area contributed by atoms with E-state index in [0.717, 1.165) is 29.4 Å². The molecular weight excluding hydrogens is 262 g/mol. The van der Waals surface area contributed by atoms with Gasteiger partial charge in [-0.2, -0.15) is 12.5 Å². The van der Waals surface area contributed by atoms with Crippen molar-refractivity contribution in [2.75, 3.05) is 11.5 Å². The van der Waals surface area contributed by atoms with Crippen LogP contribution >= 0.6 is 12.5 Å². The van der Waals surface area contributed by atoms with Crippen molar-refractivity contribution in [3.8, 4) is 0 Å². The zero-order chi connectivity index (χ0) is 14.3. The van der Waals surface area contributed by atoms with Crippen molar-refractivity contribution in [1.82, 2.24) is 9.97 Å². The molecule has 0 aromatic carbocycles. The van der Waals surface area contributed by atoms with Crippen molar-refractivity contribution in [3.63, 3.8) is 0 Å². The molecule has 1 saturated carbocycles. The van der Waals surface area contributed by atoms with Gasteiger partial charge in [-0.25, -0.2) is 9.97 Å². The van der Waals surface area contributed by atoms with E-state index in [1.165, 1.54) is 6.33 Å². The summed E-state index contributed by atoms with van der Waals surface area (Å²) in [6, 6.07) is 0. The predicted molar refractivity (Wildman–Crippen MR) is 75.6 cm³/mol. The maximum Gasteiger partial charge on any atom is 0.130 e. The van der Waals surface area contributed by atoms with Gasteiger partial charge in [-0.05, 0) is 30.1 Å². The van der Waals surface area contributed by atoms with E-state index in [2.05, 4.69) is 9.97 Å². The second-order valence-corrected chi connectivity index (χ2v) is 5.53. The number of aliphatic hydroxyl groups is 2. The fourth-order valence-corrected chi connectivity index (χ4v) is 3.44. The van der Waals surface area contributed by atoms with Crippen LogP contribution in [0, 0.1) is 11.8 Å². The van der Waals surface area contributed by atoms with Gasteiger partial charge in [-0.1, -0.05) is 6.08 Å². The molecule has 2 aliphatic carbocycles. The van der Waals surface area contributed by atoms with Crippen molar-refractivity contribution in [3.05, 3.63) is 23.7 Å². The maximum atomic E-state index is 10.3. The maximum absolute atomic E-state index is 10.3. The van der Waals surface area contributed by atoms with E-state index in [1.54, 1.807) is 0 Å². The molecule has 0 aliphatic heterocycles. The average molecular weight is 281 g/mol. The number of aliphatic hydroxyl groups excluding tert-OH is 2. The van der Waals surface area contributed by atoms with Gasteiger partial charge in [-0.15, -0.1) is 0 Å². The monoisotopic (exact) mass is 281 g/mol. The Balaban J connectivity index is 1.88. The largest absolute Gasteiger partial charge is 0.390 e. The molecule has 0 spiro atoms. The van der Waals surface area contributed by atoms with E-state index >= 15 is 0 Å². The van der Waals surface area contributed by atoms with Gasteiger partial charge >= 0.3 is 0 Å². The van der Waals surface area contributed by atoms with E-state index < -0.39 is 12.2 Å². The minimum Gasteiger partial charge on any atom is -0.390 e. The number of nitrogens with two attached hydrogens (primary N) is 1. The van der Waals surface area contributed by atoms with Gasteiger partial charge in [0.2, 0.25) is 0 Å². The normalized spacial score (nSPS) is 34.0. The lowest BCUT2D eigenvalue weighted by Gasteiger charge is -2.18. The second-order valence-electron chi connectivity index (χ2n) is 5.20. The minimum atomic E-state index is -0.805. The molecule has 0 radical (unpaired) electrons. The SMILES string of the molecule is [3H]SC[C@H]1C[C@@H](C2=CCc3c(N)ncnc32)C(O)[C@H]1O. The summed E-state index contributed by atoms with van der Waals surface area (Å²) < 4.78 is 7.22. The number of thiol groups is 1. The number of anilines is 1. The Morgan fingerprint density at radius 2 is 2.26 bits per heavy atom. The van der Waals surface area contributed by atoms with E-state index in [9.17, 15) is 10.2 Å². The van der Waals surface area contributed by atoms with Crippen molar-refractivity contribution in [2.24, 2.45) is 11.8 Å². The van der Waals surface area contributed by atoms with Crippen LogP contribution in [0.15, 0.2) is 12.4 Å². The van der Waals surface area contributed by atoms with Crippen molar-refractivity contribution in [1.29, 1.82) is 1.12 Å². The number of allylic oxidation sites excluding steroid dienone is 1. The quantitative estimate of drug-likeness (QED) is 0.598.